The van der Waals surface area contributed by atoms with Gasteiger partial charge in [-0.1, -0.05) is 13.8 Å². The van der Waals surface area contributed by atoms with Gasteiger partial charge in [-0.05, 0) is 44.8 Å². The van der Waals surface area contributed by atoms with E-state index < -0.39 is 0 Å². The number of hydrogen-bond donors (Lipinski definition) is 1. The highest BCUT2D eigenvalue weighted by molar-refractivity contribution is 4.65. The Morgan fingerprint density at radius 3 is 2.29 bits per heavy atom. The molecule has 2 heteroatoms. The molecule has 1 saturated heterocycles. The maximum atomic E-state index is 4.07. The normalized spacial score (nSPS) is 28.3. The van der Waals surface area contributed by atoms with E-state index in [4.69, 9.17) is 0 Å². The summed E-state index contributed by atoms with van der Waals surface area (Å²) in [6, 6.07) is 0. The van der Waals surface area contributed by atoms with E-state index in [1.165, 1.54) is 56.9 Å². The Hall–Kier alpha value is -0.0800. The number of likely N-dealkylation sites (tertiary alicyclic amines) is 1. The molecule has 1 rings (SSSR count). The predicted octanol–water partition coefficient (Wildman–Crippen LogP) is 0.805. The fourth-order valence-electron chi connectivity index (χ4n) is 2.28. The van der Waals surface area contributed by atoms with Gasteiger partial charge in [0.05, 0.1) is 13.1 Å². The van der Waals surface area contributed by atoms with E-state index in [1.54, 1.807) is 0 Å². The second-order valence-electron chi connectivity index (χ2n) is 4.51. The highest BCUT2D eigenvalue weighted by atomic mass is 15.1. The van der Waals surface area contributed by atoms with Gasteiger partial charge in [-0.25, -0.2) is 0 Å². The van der Waals surface area contributed by atoms with E-state index in [1.807, 2.05) is 0 Å². The molecule has 1 N–H and O–H groups in total. The molecule has 0 radical (unpaired) electrons. The first-order valence-corrected chi connectivity index (χ1v) is 6.15. The van der Waals surface area contributed by atoms with Gasteiger partial charge in [0, 0.05) is 0 Å². The number of quaternary nitrogens is 1. The number of nitrogens with one attached hydrogen (secondary N) is 1. The molecule has 1 heterocycles. The zero-order chi connectivity index (χ0) is 10.4. The summed E-state index contributed by atoms with van der Waals surface area (Å²) in [6.07, 6.45) is 4.18. The van der Waals surface area contributed by atoms with Crippen LogP contribution in [-0.4, -0.2) is 37.6 Å². The third-order valence-corrected chi connectivity index (χ3v) is 3.56. The summed E-state index contributed by atoms with van der Waals surface area (Å²) in [5, 5.41) is 0. The highest BCUT2D eigenvalue weighted by Crippen LogP contribution is 2.14. The zero-order valence-electron chi connectivity index (χ0n) is 9.89. The Morgan fingerprint density at radius 1 is 1.21 bits per heavy atom. The lowest BCUT2D eigenvalue weighted by molar-refractivity contribution is -0.860. The van der Waals surface area contributed by atoms with Crippen molar-refractivity contribution in [2.24, 2.45) is 5.92 Å². The van der Waals surface area contributed by atoms with Crippen LogP contribution >= 0.6 is 0 Å². The van der Waals surface area contributed by atoms with Crippen LogP contribution < -0.4 is 4.90 Å². The van der Waals surface area contributed by atoms with Crippen LogP contribution in [-0.2, 0) is 0 Å². The molecule has 0 aliphatic carbocycles. The van der Waals surface area contributed by atoms with Crippen LogP contribution in [0.2, 0.25) is 0 Å². The van der Waals surface area contributed by atoms with Crippen LogP contribution in [0.3, 0.4) is 0 Å². The monoisotopic (exact) mass is 198 g/mol. The van der Waals surface area contributed by atoms with Crippen molar-refractivity contribution < 1.29 is 4.90 Å². The lowest BCUT2D eigenvalue weighted by atomic mass is 9.93. The molecule has 0 unspecified atom stereocenters. The maximum absolute atomic E-state index is 4.07. The minimum Gasteiger partial charge on any atom is -0.468 e. The summed E-state index contributed by atoms with van der Waals surface area (Å²) in [5.41, 5.74) is 0. The average molecular weight is 198 g/mol. The average Bonchev–Trinajstić information content (AvgIpc) is 2.22. The molecule has 1 aliphatic rings. The van der Waals surface area contributed by atoms with Gasteiger partial charge < -0.3 is 9.80 Å². The fourth-order valence-corrected chi connectivity index (χ4v) is 2.28. The third-order valence-electron chi connectivity index (χ3n) is 3.56. The first-order chi connectivity index (χ1) is 6.76. The predicted molar refractivity (Wildman–Crippen MR) is 61.2 cm³/mol. The Bertz CT molecular complexity index is 135. The van der Waals surface area contributed by atoms with Crippen molar-refractivity contribution in [1.82, 2.24) is 4.90 Å². The van der Waals surface area contributed by atoms with Gasteiger partial charge in [0.15, 0.2) is 0 Å². The summed E-state index contributed by atoms with van der Waals surface area (Å²) >= 11 is 0. The molecule has 0 amide bonds. The maximum Gasteiger partial charge on any atom is 0.0533 e. The van der Waals surface area contributed by atoms with E-state index >= 15 is 0 Å². The van der Waals surface area contributed by atoms with Crippen molar-refractivity contribution in [1.29, 1.82) is 0 Å². The minimum atomic E-state index is 0.973. The van der Waals surface area contributed by atoms with Crippen LogP contribution in [0.15, 0.2) is 0 Å². The van der Waals surface area contributed by atoms with Crippen LogP contribution in [0.1, 0.15) is 33.1 Å². The van der Waals surface area contributed by atoms with Crippen LogP contribution in [0.4, 0.5) is 0 Å². The molecule has 1 aliphatic heterocycles. The second-order valence-corrected chi connectivity index (χ2v) is 4.51. The Balaban J connectivity index is 2.12. The Morgan fingerprint density at radius 2 is 1.79 bits per heavy atom. The lowest BCUT2D eigenvalue weighted by Gasteiger charge is -2.32. The summed E-state index contributed by atoms with van der Waals surface area (Å²) in [5.74, 6) is 0.973. The second kappa shape index (κ2) is 6.41. The molecule has 0 saturated carbocycles. The van der Waals surface area contributed by atoms with Crippen molar-refractivity contribution in [3.8, 4) is 0 Å². The number of rotatable bonds is 5. The van der Waals surface area contributed by atoms with Crippen LogP contribution in [0, 0.1) is 13.0 Å². The van der Waals surface area contributed by atoms with Crippen LogP contribution in [0.5, 0.6) is 0 Å². The number of hydrogen-bond acceptors (Lipinski definition) is 1. The minimum absolute atomic E-state index is 0.973. The fraction of sp³-hybridized carbons (Fsp3) is 0.917. The van der Waals surface area contributed by atoms with Gasteiger partial charge in [-0.15, -0.1) is 0 Å². The molecule has 84 valence electrons. The quantitative estimate of drug-likeness (QED) is 0.642. The Labute approximate surface area is 89.3 Å². The topological polar surface area (TPSA) is 7.68 Å². The molecule has 0 aromatic heterocycles. The van der Waals surface area contributed by atoms with Gasteiger partial charge in [0.2, 0.25) is 0 Å². The number of piperidine rings is 1. The van der Waals surface area contributed by atoms with Crippen molar-refractivity contribution in [3.05, 3.63) is 7.05 Å². The Kier molecular flexibility index (Phi) is 5.49. The molecular weight excluding hydrogens is 172 g/mol. The molecule has 0 atom stereocenters. The lowest BCUT2D eigenvalue weighted by Crippen LogP contribution is -3.08. The zero-order valence-corrected chi connectivity index (χ0v) is 9.89. The van der Waals surface area contributed by atoms with Gasteiger partial charge in [-0.3, -0.25) is 0 Å². The summed E-state index contributed by atoms with van der Waals surface area (Å²) in [7, 11) is 4.07. The summed E-state index contributed by atoms with van der Waals surface area (Å²) in [4.78, 5) is 4.01. The van der Waals surface area contributed by atoms with E-state index in [-0.39, 0.29) is 0 Å². The van der Waals surface area contributed by atoms with E-state index in [0.29, 0.717) is 0 Å². The first-order valence-electron chi connectivity index (χ1n) is 6.15. The van der Waals surface area contributed by atoms with Gasteiger partial charge in [0.25, 0.3) is 0 Å². The van der Waals surface area contributed by atoms with E-state index in [9.17, 15) is 0 Å². The SMILES string of the molecule is [CH2-][NH+]1CCC(CCN(CC)CC)CC1. The van der Waals surface area contributed by atoms with Crippen molar-refractivity contribution in [2.75, 3.05) is 32.7 Å². The molecule has 14 heavy (non-hydrogen) atoms. The molecule has 0 aromatic carbocycles. The standard InChI is InChI=1S/C12H26N2/c1-4-14(5-2)11-8-12-6-9-13(3)10-7-12/h12-13H,3-11H2,1-2H3. The van der Waals surface area contributed by atoms with Crippen molar-refractivity contribution in [2.45, 2.75) is 33.1 Å². The van der Waals surface area contributed by atoms with Crippen molar-refractivity contribution in [3.63, 3.8) is 0 Å². The van der Waals surface area contributed by atoms with E-state index in [0.717, 1.165) is 5.92 Å². The van der Waals surface area contributed by atoms with Crippen molar-refractivity contribution >= 4 is 0 Å². The molecule has 2 nitrogen and oxygen atoms in total. The highest BCUT2D eigenvalue weighted by Gasteiger charge is 2.17. The molecule has 0 spiro atoms. The molecule has 0 aromatic rings. The summed E-state index contributed by atoms with van der Waals surface area (Å²) in [6.45, 7) is 10.8. The molecular formula is C12H26N2. The van der Waals surface area contributed by atoms with Gasteiger partial charge >= 0.3 is 0 Å². The van der Waals surface area contributed by atoms with Crippen LogP contribution in [0.25, 0.3) is 0 Å². The third kappa shape index (κ3) is 3.97. The first kappa shape index (κ1) is 12.0. The van der Waals surface area contributed by atoms with E-state index in [2.05, 4.69) is 25.8 Å². The van der Waals surface area contributed by atoms with Gasteiger partial charge in [-0.2, -0.15) is 7.05 Å². The van der Waals surface area contributed by atoms with Gasteiger partial charge in [0.1, 0.15) is 0 Å². The molecule has 0 bridgehead atoms. The molecule has 1 fully saturated rings. The summed E-state index contributed by atoms with van der Waals surface area (Å²) < 4.78 is 0. The number of nitrogens with zero attached hydrogens (tertiary/aromatic N) is 1. The smallest absolute Gasteiger partial charge is 0.0533 e. The largest absolute Gasteiger partial charge is 0.468 e.